The van der Waals surface area contributed by atoms with Crippen molar-refractivity contribution in [3.63, 3.8) is 0 Å². The largest absolute Gasteiger partial charge is 0.246 e. The van der Waals surface area contributed by atoms with E-state index in [0.29, 0.717) is 5.02 Å². The number of benzene rings is 2. The van der Waals surface area contributed by atoms with Gasteiger partial charge >= 0.3 is 0 Å². The number of halogens is 2. The van der Waals surface area contributed by atoms with Crippen molar-refractivity contribution in [2.45, 2.75) is 17.9 Å². The van der Waals surface area contributed by atoms with E-state index in [0.717, 1.165) is 15.9 Å². The van der Waals surface area contributed by atoms with Gasteiger partial charge in [0.15, 0.2) is 0 Å². The van der Waals surface area contributed by atoms with E-state index < -0.39 is 21.9 Å². The minimum absolute atomic E-state index is 0.332. The fourth-order valence-electron chi connectivity index (χ4n) is 1.99. The van der Waals surface area contributed by atoms with Gasteiger partial charge in [0.25, 0.3) is 0 Å². The molecule has 0 amide bonds. The van der Waals surface area contributed by atoms with Crippen LogP contribution < -0.4 is 0 Å². The van der Waals surface area contributed by atoms with Crippen molar-refractivity contribution in [3.8, 4) is 0 Å². The summed E-state index contributed by atoms with van der Waals surface area (Å²) >= 11 is 5.92. The van der Waals surface area contributed by atoms with Crippen molar-refractivity contribution < 1.29 is 12.8 Å². The summed E-state index contributed by atoms with van der Waals surface area (Å²) in [5.74, 6) is -0.761. The Morgan fingerprint density at radius 2 is 1.81 bits per heavy atom. The molecule has 0 aromatic heterocycles. The molecule has 0 fully saturated rings. The Hall–Kier alpha value is -1.43. The summed E-state index contributed by atoms with van der Waals surface area (Å²) in [7, 11) is -2.49. The van der Waals surface area contributed by atoms with Crippen LogP contribution in [0.3, 0.4) is 0 Å². The molecule has 0 N–H and O–H groups in total. The molecule has 2 rings (SSSR count). The minimum atomic E-state index is -3.91. The molecule has 2 aromatic carbocycles. The molecule has 112 valence electrons. The van der Waals surface area contributed by atoms with Crippen molar-refractivity contribution >= 4 is 21.6 Å². The fourth-order valence-corrected chi connectivity index (χ4v) is 3.61. The minimum Gasteiger partial charge on any atom is -0.207 e. The standard InChI is InChI=1S/C15H15ClFNO2S/c1-11(12-6-5-7-13(16)10-12)18(2)21(19,20)15-9-4-3-8-14(15)17/h3-11H,1-2H3. The van der Waals surface area contributed by atoms with E-state index in [9.17, 15) is 12.8 Å². The average molecular weight is 328 g/mol. The summed E-state index contributed by atoms with van der Waals surface area (Å²) in [5, 5.41) is 0.524. The van der Waals surface area contributed by atoms with Crippen LogP contribution in [0.2, 0.25) is 5.02 Å². The number of hydrogen-bond donors (Lipinski definition) is 0. The van der Waals surface area contributed by atoms with E-state index in [4.69, 9.17) is 11.6 Å². The van der Waals surface area contributed by atoms with Crippen LogP contribution in [0.1, 0.15) is 18.5 Å². The molecular weight excluding hydrogens is 313 g/mol. The topological polar surface area (TPSA) is 37.4 Å². The number of rotatable bonds is 4. The zero-order chi connectivity index (χ0) is 15.6. The summed E-state index contributed by atoms with van der Waals surface area (Å²) < 4.78 is 39.9. The van der Waals surface area contributed by atoms with Crippen LogP contribution in [-0.4, -0.2) is 19.8 Å². The van der Waals surface area contributed by atoms with Crippen molar-refractivity contribution in [2.75, 3.05) is 7.05 Å². The van der Waals surface area contributed by atoms with Gasteiger partial charge < -0.3 is 0 Å². The monoisotopic (exact) mass is 327 g/mol. The SMILES string of the molecule is CC(c1cccc(Cl)c1)N(C)S(=O)(=O)c1ccccc1F. The Balaban J connectivity index is 2.39. The van der Waals surface area contributed by atoms with E-state index >= 15 is 0 Å². The van der Waals surface area contributed by atoms with E-state index in [-0.39, 0.29) is 4.90 Å². The van der Waals surface area contributed by atoms with Gasteiger partial charge in [-0.05, 0) is 36.8 Å². The van der Waals surface area contributed by atoms with Crippen LogP contribution in [0.25, 0.3) is 0 Å². The molecule has 2 aromatic rings. The molecule has 1 atom stereocenters. The quantitative estimate of drug-likeness (QED) is 0.855. The van der Waals surface area contributed by atoms with E-state index in [1.165, 1.54) is 25.2 Å². The molecule has 0 aliphatic heterocycles. The normalized spacial score (nSPS) is 13.4. The lowest BCUT2D eigenvalue weighted by molar-refractivity contribution is 0.395. The third kappa shape index (κ3) is 3.26. The molecule has 1 unspecified atom stereocenters. The molecule has 6 heteroatoms. The molecule has 0 heterocycles. The second-order valence-corrected chi connectivity index (χ2v) is 7.09. The molecule has 0 spiro atoms. The molecule has 0 saturated heterocycles. The first-order valence-corrected chi connectivity index (χ1v) is 8.14. The number of hydrogen-bond acceptors (Lipinski definition) is 2. The second-order valence-electron chi connectivity index (χ2n) is 4.68. The summed E-state index contributed by atoms with van der Waals surface area (Å²) in [5.41, 5.74) is 0.741. The molecular formula is C15H15ClFNO2S. The zero-order valence-corrected chi connectivity index (χ0v) is 13.2. The second kappa shape index (κ2) is 6.13. The zero-order valence-electron chi connectivity index (χ0n) is 11.6. The maximum Gasteiger partial charge on any atom is 0.246 e. The lowest BCUT2D eigenvalue weighted by Crippen LogP contribution is -2.30. The van der Waals surface area contributed by atoms with Gasteiger partial charge in [0, 0.05) is 18.1 Å². The van der Waals surface area contributed by atoms with Crippen LogP contribution in [0.15, 0.2) is 53.4 Å². The predicted molar refractivity (Wildman–Crippen MR) is 81.2 cm³/mol. The first-order chi connectivity index (χ1) is 9.84. The van der Waals surface area contributed by atoms with Crippen molar-refractivity contribution in [1.82, 2.24) is 4.31 Å². The summed E-state index contributed by atoms with van der Waals surface area (Å²) in [6.07, 6.45) is 0. The first-order valence-electron chi connectivity index (χ1n) is 6.32. The van der Waals surface area contributed by atoms with Gasteiger partial charge in [0.05, 0.1) is 0 Å². The fraction of sp³-hybridized carbons (Fsp3) is 0.200. The Bertz CT molecular complexity index is 749. The van der Waals surface area contributed by atoms with Gasteiger partial charge in [0.1, 0.15) is 10.7 Å². The van der Waals surface area contributed by atoms with Gasteiger partial charge in [-0.2, -0.15) is 4.31 Å². The lowest BCUT2D eigenvalue weighted by atomic mass is 10.1. The molecule has 0 aliphatic rings. The summed E-state index contributed by atoms with van der Waals surface area (Å²) in [6.45, 7) is 1.73. The average Bonchev–Trinajstić information content (AvgIpc) is 2.46. The highest BCUT2D eigenvalue weighted by Crippen LogP contribution is 2.28. The number of sulfonamides is 1. The van der Waals surface area contributed by atoms with Crippen LogP contribution in [0, 0.1) is 5.82 Å². The molecule has 0 bridgehead atoms. The molecule has 0 radical (unpaired) electrons. The Kier molecular flexibility index (Phi) is 4.66. The maximum atomic E-state index is 13.7. The van der Waals surface area contributed by atoms with Crippen LogP contribution >= 0.6 is 11.6 Å². The lowest BCUT2D eigenvalue weighted by Gasteiger charge is -2.25. The van der Waals surface area contributed by atoms with Crippen LogP contribution in [0.5, 0.6) is 0 Å². The van der Waals surface area contributed by atoms with Gasteiger partial charge in [-0.15, -0.1) is 0 Å². The van der Waals surface area contributed by atoms with Crippen LogP contribution in [-0.2, 0) is 10.0 Å². The van der Waals surface area contributed by atoms with Crippen molar-refractivity contribution in [2.24, 2.45) is 0 Å². The number of nitrogens with zero attached hydrogens (tertiary/aromatic N) is 1. The molecule has 0 aliphatic carbocycles. The highest BCUT2D eigenvalue weighted by atomic mass is 35.5. The van der Waals surface area contributed by atoms with E-state index in [2.05, 4.69) is 0 Å². The molecule has 0 saturated carbocycles. The van der Waals surface area contributed by atoms with Crippen molar-refractivity contribution in [1.29, 1.82) is 0 Å². The predicted octanol–water partition coefficient (Wildman–Crippen LogP) is 3.86. The van der Waals surface area contributed by atoms with Gasteiger partial charge in [0.2, 0.25) is 10.0 Å². The highest BCUT2D eigenvalue weighted by Gasteiger charge is 2.28. The highest BCUT2D eigenvalue weighted by molar-refractivity contribution is 7.89. The van der Waals surface area contributed by atoms with Gasteiger partial charge in [-0.3, -0.25) is 0 Å². The first kappa shape index (κ1) is 15.9. The smallest absolute Gasteiger partial charge is 0.207 e. The summed E-state index contributed by atoms with van der Waals surface area (Å²) in [6, 6.07) is 11.8. The van der Waals surface area contributed by atoms with Gasteiger partial charge in [-0.1, -0.05) is 35.9 Å². The molecule has 3 nitrogen and oxygen atoms in total. The summed E-state index contributed by atoms with van der Waals surface area (Å²) in [4.78, 5) is -0.332. The third-order valence-electron chi connectivity index (χ3n) is 3.37. The Morgan fingerprint density at radius 3 is 2.43 bits per heavy atom. The third-order valence-corrected chi connectivity index (χ3v) is 5.57. The van der Waals surface area contributed by atoms with E-state index in [1.54, 1.807) is 31.2 Å². The Labute approximate surface area is 129 Å². The van der Waals surface area contributed by atoms with E-state index in [1.807, 2.05) is 0 Å². The molecule has 21 heavy (non-hydrogen) atoms. The van der Waals surface area contributed by atoms with Crippen molar-refractivity contribution in [3.05, 3.63) is 64.9 Å². The maximum absolute atomic E-state index is 13.7. The van der Waals surface area contributed by atoms with Crippen LogP contribution in [0.4, 0.5) is 4.39 Å². The Morgan fingerprint density at radius 1 is 1.14 bits per heavy atom. The van der Waals surface area contributed by atoms with Gasteiger partial charge in [-0.25, -0.2) is 12.8 Å².